The van der Waals surface area contributed by atoms with E-state index in [1.54, 1.807) is 4.90 Å². The van der Waals surface area contributed by atoms with Crippen molar-refractivity contribution in [1.82, 2.24) is 9.80 Å². The molecule has 2 aliphatic heterocycles. The Morgan fingerprint density at radius 3 is 2.55 bits per heavy atom. The molecule has 0 aliphatic carbocycles. The molecule has 2 atom stereocenters. The lowest BCUT2D eigenvalue weighted by Gasteiger charge is -2.32. The van der Waals surface area contributed by atoms with Crippen molar-refractivity contribution < 1.29 is 14.3 Å². The summed E-state index contributed by atoms with van der Waals surface area (Å²) in [5.74, 6) is 2.72. The second kappa shape index (κ2) is 6.02. The van der Waals surface area contributed by atoms with E-state index in [1.807, 2.05) is 20.8 Å². The molecule has 0 spiro atoms. The van der Waals surface area contributed by atoms with Crippen LogP contribution in [0.5, 0.6) is 0 Å². The van der Waals surface area contributed by atoms with Gasteiger partial charge in [-0.25, -0.2) is 4.79 Å². The lowest BCUT2D eigenvalue weighted by molar-refractivity contribution is 0.0125. The topological polar surface area (TPSA) is 42.0 Å². The predicted octanol–water partition coefficient (Wildman–Crippen LogP) is 1.33. The molecule has 5 nitrogen and oxygen atoms in total. The smallest absolute Gasteiger partial charge is 0.411 e. The summed E-state index contributed by atoms with van der Waals surface area (Å²) < 4.78 is 10.8. The van der Waals surface area contributed by atoms with E-state index < -0.39 is 5.60 Å². The first-order valence-corrected chi connectivity index (χ1v) is 7.18. The van der Waals surface area contributed by atoms with Gasteiger partial charge in [-0.3, -0.25) is 9.80 Å². The third kappa shape index (κ3) is 3.65. The van der Waals surface area contributed by atoms with Gasteiger partial charge in [-0.2, -0.15) is 0 Å². The molecule has 5 heteroatoms. The van der Waals surface area contributed by atoms with Gasteiger partial charge in [0, 0.05) is 25.7 Å². The van der Waals surface area contributed by atoms with Crippen LogP contribution in [0.3, 0.4) is 0 Å². The van der Waals surface area contributed by atoms with Crippen molar-refractivity contribution in [3.63, 3.8) is 0 Å². The first kappa shape index (κ1) is 15.1. The number of rotatable bonds is 1. The minimum atomic E-state index is -0.493. The van der Waals surface area contributed by atoms with E-state index in [-0.39, 0.29) is 12.1 Å². The van der Waals surface area contributed by atoms with Gasteiger partial charge in [0.2, 0.25) is 0 Å². The number of carbonyl (C=O) groups is 1. The average molecular weight is 280 g/mol. The Morgan fingerprint density at radius 1 is 1.35 bits per heavy atom. The number of morpholine rings is 1. The van der Waals surface area contributed by atoms with Gasteiger partial charge >= 0.3 is 6.09 Å². The lowest BCUT2D eigenvalue weighted by Crippen LogP contribution is -2.45. The monoisotopic (exact) mass is 280 g/mol. The Bertz CT molecular complexity index is 391. The fraction of sp³-hybridized carbons (Fsp3) is 0.800. The summed E-state index contributed by atoms with van der Waals surface area (Å²) in [6.45, 7) is 9.56. The average Bonchev–Trinajstić information content (AvgIpc) is 2.82. The molecule has 0 aromatic carbocycles. The zero-order chi connectivity index (χ0) is 14.8. The number of hydrogen-bond donors (Lipinski definition) is 0. The Kier molecular flexibility index (Phi) is 4.56. The fourth-order valence-electron chi connectivity index (χ4n) is 2.70. The summed E-state index contributed by atoms with van der Waals surface area (Å²) in [6, 6.07) is 0.144. The van der Waals surface area contributed by atoms with Crippen LogP contribution in [0.2, 0.25) is 0 Å². The van der Waals surface area contributed by atoms with Crippen molar-refractivity contribution in [2.45, 2.75) is 44.9 Å². The SMILES string of the molecule is C#CC1CC(N2CCOCC2)CN1C(=O)OC(C)(C)C. The molecule has 2 saturated heterocycles. The molecule has 112 valence electrons. The van der Waals surface area contributed by atoms with Crippen LogP contribution in [-0.2, 0) is 9.47 Å². The van der Waals surface area contributed by atoms with Crippen LogP contribution in [0, 0.1) is 12.3 Å². The highest BCUT2D eigenvalue weighted by Gasteiger charge is 2.39. The van der Waals surface area contributed by atoms with E-state index in [0.29, 0.717) is 12.6 Å². The van der Waals surface area contributed by atoms with E-state index in [4.69, 9.17) is 15.9 Å². The van der Waals surface area contributed by atoms with E-state index in [1.165, 1.54) is 0 Å². The number of amides is 1. The first-order valence-electron chi connectivity index (χ1n) is 7.18. The van der Waals surface area contributed by atoms with Crippen LogP contribution < -0.4 is 0 Å². The van der Waals surface area contributed by atoms with Crippen LogP contribution in [0.25, 0.3) is 0 Å². The molecule has 2 rings (SSSR count). The van der Waals surface area contributed by atoms with Gasteiger partial charge in [-0.1, -0.05) is 5.92 Å². The van der Waals surface area contributed by atoms with Crippen molar-refractivity contribution in [3.8, 4) is 12.3 Å². The van der Waals surface area contributed by atoms with Crippen LogP contribution in [-0.4, -0.2) is 66.4 Å². The number of carbonyl (C=O) groups excluding carboxylic acids is 1. The number of likely N-dealkylation sites (tertiary alicyclic amines) is 1. The molecule has 2 fully saturated rings. The summed E-state index contributed by atoms with van der Waals surface area (Å²) in [7, 11) is 0. The molecule has 0 saturated carbocycles. The quantitative estimate of drug-likeness (QED) is 0.680. The third-order valence-corrected chi connectivity index (χ3v) is 3.66. The van der Waals surface area contributed by atoms with Crippen LogP contribution in [0.15, 0.2) is 0 Å². The van der Waals surface area contributed by atoms with Gasteiger partial charge in [0.1, 0.15) is 5.60 Å². The standard InChI is InChI=1S/C15H24N2O3/c1-5-12-10-13(16-6-8-19-9-7-16)11-17(12)14(18)20-15(2,3)4/h1,12-13H,6-11H2,2-4H3. The Labute approximate surface area is 121 Å². The summed E-state index contributed by atoms with van der Waals surface area (Å²) >= 11 is 0. The molecule has 0 N–H and O–H groups in total. The predicted molar refractivity (Wildman–Crippen MR) is 76.4 cm³/mol. The van der Waals surface area contributed by atoms with Gasteiger partial charge in [0.05, 0.1) is 19.3 Å². The first-order chi connectivity index (χ1) is 9.40. The molecular weight excluding hydrogens is 256 g/mol. The van der Waals surface area contributed by atoms with Gasteiger partial charge in [-0.05, 0) is 27.2 Å². The van der Waals surface area contributed by atoms with Gasteiger partial charge < -0.3 is 9.47 Å². The molecular formula is C15H24N2O3. The highest BCUT2D eigenvalue weighted by Crippen LogP contribution is 2.24. The van der Waals surface area contributed by atoms with Gasteiger partial charge in [-0.15, -0.1) is 6.42 Å². The third-order valence-electron chi connectivity index (χ3n) is 3.66. The van der Waals surface area contributed by atoms with Gasteiger partial charge in [0.15, 0.2) is 0 Å². The van der Waals surface area contributed by atoms with Crippen LogP contribution >= 0.6 is 0 Å². The minimum Gasteiger partial charge on any atom is -0.444 e. The maximum absolute atomic E-state index is 12.2. The maximum Gasteiger partial charge on any atom is 0.411 e. The van der Waals surface area contributed by atoms with Crippen molar-refractivity contribution in [2.24, 2.45) is 0 Å². The second-order valence-electron chi connectivity index (χ2n) is 6.35. The summed E-state index contributed by atoms with van der Waals surface area (Å²) in [5, 5.41) is 0. The second-order valence-corrected chi connectivity index (χ2v) is 6.35. The van der Waals surface area contributed by atoms with E-state index in [2.05, 4.69) is 10.8 Å². The molecule has 20 heavy (non-hydrogen) atoms. The Hall–Kier alpha value is -1.25. The molecule has 0 aromatic heterocycles. The van der Waals surface area contributed by atoms with Crippen molar-refractivity contribution in [2.75, 3.05) is 32.8 Å². The minimum absolute atomic E-state index is 0.169. The normalized spacial score (nSPS) is 28.2. The van der Waals surface area contributed by atoms with Gasteiger partial charge in [0.25, 0.3) is 0 Å². The molecule has 2 heterocycles. The number of hydrogen-bond acceptors (Lipinski definition) is 4. The molecule has 0 bridgehead atoms. The van der Waals surface area contributed by atoms with Crippen LogP contribution in [0.1, 0.15) is 27.2 Å². The summed E-state index contributed by atoms with van der Waals surface area (Å²) in [6.07, 6.45) is 6.08. The maximum atomic E-state index is 12.2. The van der Waals surface area contributed by atoms with E-state index in [0.717, 1.165) is 32.7 Å². The molecule has 0 aromatic rings. The van der Waals surface area contributed by atoms with E-state index in [9.17, 15) is 4.79 Å². The molecule has 2 aliphatic rings. The van der Waals surface area contributed by atoms with E-state index >= 15 is 0 Å². The number of nitrogens with zero attached hydrogens (tertiary/aromatic N) is 2. The van der Waals surface area contributed by atoms with Crippen molar-refractivity contribution >= 4 is 6.09 Å². The van der Waals surface area contributed by atoms with Crippen LogP contribution in [0.4, 0.5) is 4.79 Å². The highest BCUT2D eigenvalue weighted by molar-refractivity contribution is 5.69. The number of ether oxygens (including phenoxy) is 2. The zero-order valence-electron chi connectivity index (χ0n) is 12.6. The van der Waals surface area contributed by atoms with Crippen molar-refractivity contribution in [3.05, 3.63) is 0 Å². The fourth-order valence-corrected chi connectivity index (χ4v) is 2.70. The largest absolute Gasteiger partial charge is 0.444 e. The highest BCUT2D eigenvalue weighted by atomic mass is 16.6. The zero-order valence-corrected chi connectivity index (χ0v) is 12.6. The molecule has 1 amide bonds. The van der Waals surface area contributed by atoms with Crippen molar-refractivity contribution in [1.29, 1.82) is 0 Å². The summed E-state index contributed by atoms with van der Waals surface area (Å²) in [4.78, 5) is 16.3. The number of terminal acetylenes is 1. The lowest BCUT2D eigenvalue weighted by atomic mass is 10.1. The summed E-state index contributed by atoms with van der Waals surface area (Å²) in [5.41, 5.74) is -0.493. The Morgan fingerprint density at radius 2 is 2.00 bits per heavy atom. The Balaban J connectivity index is 1.99. The molecule has 0 radical (unpaired) electrons. The molecule has 2 unspecified atom stereocenters.